The van der Waals surface area contributed by atoms with Crippen LogP contribution in [0.25, 0.3) is 6.08 Å². The minimum absolute atomic E-state index is 0.0904. The van der Waals surface area contributed by atoms with Crippen LogP contribution in [0.3, 0.4) is 0 Å². The molecule has 31 heavy (non-hydrogen) atoms. The van der Waals surface area contributed by atoms with Crippen molar-refractivity contribution in [2.45, 2.75) is 12.5 Å². The zero-order valence-electron chi connectivity index (χ0n) is 17.1. The van der Waals surface area contributed by atoms with Crippen LogP contribution < -0.4 is 19.3 Å². The first kappa shape index (κ1) is 22.6. The van der Waals surface area contributed by atoms with Crippen LogP contribution in [-0.2, 0) is 16.0 Å². The van der Waals surface area contributed by atoms with Crippen molar-refractivity contribution in [3.8, 4) is 17.2 Å². The highest BCUT2D eigenvalue weighted by Gasteiger charge is 2.38. The molecule has 1 amide bonds. The van der Waals surface area contributed by atoms with Gasteiger partial charge in [-0.15, -0.1) is 0 Å². The minimum atomic E-state index is -1.37. The summed E-state index contributed by atoms with van der Waals surface area (Å²) in [6, 6.07) is 11.2. The van der Waals surface area contributed by atoms with E-state index in [4.69, 9.17) is 26.4 Å². The third-order valence-corrected chi connectivity index (χ3v) is 5.99. The lowest BCUT2D eigenvalue weighted by molar-refractivity contribution is -0.310. The average Bonchev–Trinajstić information content (AvgIpc) is 3.04. The summed E-state index contributed by atoms with van der Waals surface area (Å²) in [4.78, 5) is 26.3. The molecule has 0 bridgehead atoms. The highest BCUT2D eigenvalue weighted by Crippen LogP contribution is 2.40. The number of benzene rings is 2. The number of thioether (sulfide) groups is 1. The second-order valence-corrected chi connectivity index (χ2v) is 8.21. The molecule has 0 aromatic heterocycles. The Kier molecular flexibility index (Phi) is 7.19. The highest BCUT2D eigenvalue weighted by molar-refractivity contribution is 8.26. The Hall–Kier alpha value is -3.04. The lowest BCUT2D eigenvalue weighted by atomic mass is 10.0. The number of rotatable bonds is 8. The van der Waals surface area contributed by atoms with Crippen molar-refractivity contribution in [2.24, 2.45) is 0 Å². The molecule has 0 saturated carbocycles. The number of hydrogen-bond donors (Lipinski definition) is 0. The molecule has 9 heteroatoms. The lowest BCUT2D eigenvalue weighted by Gasteiger charge is -2.27. The number of amides is 1. The molecule has 0 spiro atoms. The molecule has 1 fully saturated rings. The van der Waals surface area contributed by atoms with Crippen molar-refractivity contribution < 1.29 is 28.9 Å². The molecular weight excluding hydrogens is 438 g/mol. The van der Waals surface area contributed by atoms with Crippen LogP contribution in [0.4, 0.5) is 0 Å². The number of thiocarbonyl (C=S) groups is 1. The maximum atomic E-state index is 13.1. The molecule has 0 aliphatic carbocycles. The molecule has 1 aliphatic rings. The standard InChI is InChI=1S/C22H21NO6S2/c1-27-16-10-14(11-17(28-2)19(16)29-3)12-18-20(24)23(22(30)31-18)15(21(25)26)9-13-7-5-4-6-8-13/h4-8,10-12,15H,9H2,1-3H3,(H,25,26)/p-1/b18-12-/t15-/m1/s1. The van der Waals surface area contributed by atoms with Gasteiger partial charge in [-0.2, -0.15) is 0 Å². The van der Waals surface area contributed by atoms with Gasteiger partial charge in [-0.1, -0.05) is 54.3 Å². The SMILES string of the molecule is COc1cc(/C=C2\SC(=S)N([C@H](Cc3ccccc3)C(=O)[O-])C2=O)cc(OC)c1OC. The molecule has 1 aliphatic heterocycles. The van der Waals surface area contributed by atoms with Crippen molar-refractivity contribution in [1.82, 2.24) is 4.90 Å². The molecule has 2 aromatic rings. The molecule has 2 aromatic carbocycles. The third kappa shape index (κ3) is 4.83. The summed E-state index contributed by atoms with van der Waals surface area (Å²) in [5.74, 6) is -0.571. The van der Waals surface area contributed by atoms with E-state index < -0.39 is 17.9 Å². The van der Waals surface area contributed by atoms with Gasteiger partial charge >= 0.3 is 0 Å². The monoisotopic (exact) mass is 458 g/mol. The average molecular weight is 459 g/mol. The van der Waals surface area contributed by atoms with Gasteiger partial charge in [-0.3, -0.25) is 9.69 Å². The zero-order valence-corrected chi connectivity index (χ0v) is 18.7. The Morgan fingerprint density at radius 1 is 1.13 bits per heavy atom. The largest absolute Gasteiger partial charge is 0.548 e. The predicted octanol–water partition coefficient (Wildman–Crippen LogP) is 2.27. The van der Waals surface area contributed by atoms with Gasteiger partial charge in [0.25, 0.3) is 5.91 Å². The maximum Gasteiger partial charge on any atom is 0.266 e. The summed E-state index contributed by atoms with van der Waals surface area (Å²) in [6.07, 6.45) is 1.70. The Morgan fingerprint density at radius 3 is 2.26 bits per heavy atom. The van der Waals surface area contributed by atoms with E-state index in [-0.39, 0.29) is 10.7 Å². The molecule has 0 N–H and O–H groups in total. The summed E-state index contributed by atoms with van der Waals surface area (Å²) in [7, 11) is 4.49. The topological polar surface area (TPSA) is 88.1 Å². The molecule has 3 rings (SSSR count). The van der Waals surface area contributed by atoms with Gasteiger partial charge in [0.1, 0.15) is 4.32 Å². The highest BCUT2D eigenvalue weighted by atomic mass is 32.2. The fourth-order valence-corrected chi connectivity index (χ4v) is 4.56. The summed E-state index contributed by atoms with van der Waals surface area (Å²) in [5.41, 5.74) is 1.38. The van der Waals surface area contributed by atoms with E-state index in [1.807, 2.05) is 6.07 Å². The van der Waals surface area contributed by atoms with Crippen LogP contribution in [-0.4, -0.2) is 48.5 Å². The molecule has 1 saturated heterocycles. The number of aliphatic carboxylic acids is 1. The number of carbonyl (C=O) groups excluding carboxylic acids is 2. The third-order valence-electron chi connectivity index (χ3n) is 4.66. The zero-order chi connectivity index (χ0) is 22.5. The summed E-state index contributed by atoms with van der Waals surface area (Å²) in [5, 5.41) is 11.8. The van der Waals surface area contributed by atoms with Crippen molar-refractivity contribution >= 4 is 46.3 Å². The van der Waals surface area contributed by atoms with Crippen LogP contribution in [0.2, 0.25) is 0 Å². The van der Waals surface area contributed by atoms with Crippen molar-refractivity contribution in [2.75, 3.05) is 21.3 Å². The molecular formula is C22H20NO6S2-. The van der Waals surface area contributed by atoms with Gasteiger partial charge in [0.2, 0.25) is 5.75 Å². The van der Waals surface area contributed by atoms with E-state index in [1.165, 1.54) is 21.3 Å². The molecule has 7 nitrogen and oxygen atoms in total. The van der Waals surface area contributed by atoms with Crippen LogP contribution in [0, 0.1) is 0 Å². The van der Waals surface area contributed by atoms with E-state index in [2.05, 4.69) is 0 Å². The normalized spacial score (nSPS) is 15.8. The molecule has 162 valence electrons. The Morgan fingerprint density at radius 2 is 1.74 bits per heavy atom. The smallest absolute Gasteiger partial charge is 0.266 e. The summed E-state index contributed by atoms with van der Waals surface area (Å²) >= 11 is 6.36. The molecule has 0 radical (unpaired) electrons. The van der Waals surface area contributed by atoms with Crippen LogP contribution in [0.5, 0.6) is 17.2 Å². The number of carboxylic acid groups (broad SMARTS) is 1. The van der Waals surface area contributed by atoms with Crippen LogP contribution in [0.15, 0.2) is 47.4 Å². The summed E-state index contributed by atoms with van der Waals surface area (Å²) in [6.45, 7) is 0. The number of hydrogen-bond acceptors (Lipinski definition) is 8. The number of ether oxygens (including phenoxy) is 3. The second kappa shape index (κ2) is 9.84. The van der Waals surface area contributed by atoms with E-state index in [9.17, 15) is 14.7 Å². The summed E-state index contributed by atoms with van der Waals surface area (Å²) < 4.78 is 16.2. The van der Waals surface area contributed by atoms with Gasteiger partial charge in [0.15, 0.2) is 11.5 Å². The Balaban J connectivity index is 1.93. The second-order valence-electron chi connectivity index (χ2n) is 6.53. The van der Waals surface area contributed by atoms with E-state index in [0.717, 1.165) is 22.2 Å². The molecule has 1 atom stereocenters. The Bertz CT molecular complexity index is 1010. The van der Waals surface area contributed by atoms with E-state index in [1.54, 1.807) is 42.5 Å². The van der Waals surface area contributed by atoms with Gasteiger partial charge in [0, 0.05) is 0 Å². The molecule has 1 heterocycles. The van der Waals surface area contributed by atoms with Gasteiger partial charge in [-0.25, -0.2) is 0 Å². The Labute approximate surface area is 189 Å². The number of nitrogens with zero attached hydrogens (tertiary/aromatic N) is 1. The maximum absolute atomic E-state index is 13.1. The van der Waals surface area contributed by atoms with Gasteiger partial charge in [-0.05, 0) is 35.8 Å². The lowest BCUT2D eigenvalue weighted by Crippen LogP contribution is -2.51. The fourth-order valence-electron chi connectivity index (χ4n) is 3.20. The number of methoxy groups -OCH3 is 3. The fraction of sp³-hybridized carbons (Fsp3) is 0.227. The number of carboxylic acids is 1. The van der Waals surface area contributed by atoms with Crippen LogP contribution in [0.1, 0.15) is 11.1 Å². The first-order valence-electron chi connectivity index (χ1n) is 9.21. The van der Waals surface area contributed by atoms with Crippen molar-refractivity contribution in [3.63, 3.8) is 0 Å². The van der Waals surface area contributed by atoms with Gasteiger partial charge in [0.05, 0.1) is 38.2 Å². The molecule has 0 unspecified atom stereocenters. The quantitative estimate of drug-likeness (QED) is 0.440. The first-order valence-corrected chi connectivity index (χ1v) is 10.4. The van der Waals surface area contributed by atoms with Crippen LogP contribution >= 0.6 is 24.0 Å². The first-order chi connectivity index (χ1) is 14.9. The van der Waals surface area contributed by atoms with Crippen molar-refractivity contribution in [1.29, 1.82) is 0 Å². The van der Waals surface area contributed by atoms with E-state index in [0.29, 0.717) is 27.7 Å². The van der Waals surface area contributed by atoms with E-state index >= 15 is 0 Å². The van der Waals surface area contributed by atoms with Gasteiger partial charge < -0.3 is 24.1 Å². The minimum Gasteiger partial charge on any atom is -0.548 e. The predicted molar refractivity (Wildman–Crippen MR) is 120 cm³/mol. The number of carbonyl (C=O) groups is 2. The van der Waals surface area contributed by atoms with Crippen molar-refractivity contribution in [3.05, 3.63) is 58.5 Å².